The Labute approximate surface area is 321 Å². The van der Waals surface area contributed by atoms with Crippen LogP contribution in [0.3, 0.4) is 0 Å². The minimum absolute atomic E-state index is 1.17. The molecule has 0 unspecified atom stereocenters. The highest BCUT2D eigenvalue weighted by Crippen LogP contribution is 2.43. The van der Waals surface area contributed by atoms with Crippen molar-refractivity contribution in [3.8, 4) is 33.6 Å². The SMILES string of the molecule is c1ccc(-n2c3ccccc3c3ccc(-c4ccc5c(c4)c4ccccc4n5-c4cc(-c5cccc6c5sc5ccccc56)cc5ccccc45)cc32)cc1. The van der Waals surface area contributed by atoms with Gasteiger partial charge in [0.2, 0.25) is 0 Å². The highest BCUT2D eigenvalue weighted by Gasteiger charge is 2.19. The molecule has 3 heterocycles. The van der Waals surface area contributed by atoms with E-state index < -0.39 is 0 Å². The summed E-state index contributed by atoms with van der Waals surface area (Å²) in [4.78, 5) is 0. The maximum absolute atomic E-state index is 2.49. The fraction of sp³-hybridized carbons (Fsp3) is 0. The summed E-state index contributed by atoms with van der Waals surface area (Å²) in [5.74, 6) is 0. The van der Waals surface area contributed by atoms with E-state index in [9.17, 15) is 0 Å². The number of nitrogens with zero attached hydrogens (tertiary/aromatic N) is 2. The molecule has 0 aliphatic carbocycles. The zero-order chi connectivity index (χ0) is 36.0. The maximum Gasteiger partial charge on any atom is 0.0547 e. The van der Waals surface area contributed by atoms with E-state index in [0.29, 0.717) is 0 Å². The van der Waals surface area contributed by atoms with Crippen LogP contribution in [0, 0.1) is 0 Å². The lowest BCUT2D eigenvalue weighted by atomic mass is 9.98. The Morgan fingerprint density at radius 2 is 0.945 bits per heavy atom. The van der Waals surface area contributed by atoms with E-state index in [4.69, 9.17) is 0 Å². The Morgan fingerprint density at radius 3 is 1.80 bits per heavy atom. The third-order valence-electron chi connectivity index (χ3n) is 11.5. The number of fused-ring (bicyclic) bond motifs is 10. The van der Waals surface area contributed by atoms with E-state index in [1.165, 1.54) is 108 Å². The number of para-hydroxylation sites is 3. The summed E-state index contributed by atoms with van der Waals surface area (Å²) in [5.41, 5.74) is 12.1. The minimum Gasteiger partial charge on any atom is -0.309 e. The molecule has 0 aliphatic heterocycles. The van der Waals surface area contributed by atoms with Gasteiger partial charge < -0.3 is 9.13 Å². The maximum atomic E-state index is 2.49. The Hall–Kier alpha value is -6.94. The van der Waals surface area contributed by atoms with Crippen molar-refractivity contribution in [2.45, 2.75) is 0 Å². The molecular weight excluding hydrogens is 685 g/mol. The van der Waals surface area contributed by atoms with Gasteiger partial charge in [-0.25, -0.2) is 0 Å². The van der Waals surface area contributed by atoms with E-state index in [1.54, 1.807) is 0 Å². The highest BCUT2D eigenvalue weighted by molar-refractivity contribution is 7.26. The molecule has 0 amide bonds. The van der Waals surface area contributed by atoms with Crippen LogP contribution in [0.5, 0.6) is 0 Å². The summed E-state index contributed by atoms with van der Waals surface area (Å²) in [7, 11) is 0. The molecule has 3 aromatic heterocycles. The van der Waals surface area contributed by atoms with Crippen molar-refractivity contribution in [3.05, 3.63) is 194 Å². The molecule has 9 aromatic carbocycles. The van der Waals surface area contributed by atoms with Gasteiger partial charge in [-0.05, 0) is 88.3 Å². The number of aromatic nitrogens is 2. The Morgan fingerprint density at radius 1 is 0.327 bits per heavy atom. The number of benzene rings is 9. The number of rotatable bonds is 4. The predicted octanol–water partition coefficient (Wildman–Crippen LogP) is 14.7. The molecule has 0 saturated heterocycles. The van der Waals surface area contributed by atoms with Crippen LogP contribution in [0.2, 0.25) is 0 Å². The molecule has 0 radical (unpaired) electrons. The van der Waals surface area contributed by atoms with Crippen LogP contribution in [0.4, 0.5) is 0 Å². The third kappa shape index (κ3) is 4.54. The lowest BCUT2D eigenvalue weighted by Gasteiger charge is -2.15. The van der Waals surface area contributed by atoms with Gasteiger partial charge in [0.15, 0.2) is 0 Å². The van der Waals surface area contributed by atoms with Crippen molar-refractivity contribution in [1.82, 2.24) is 9.13 Å². The van der Waals surface area contributed by atoms with E-state index in [1.807, 2.05) is 11.3 Å². The molecule has 0 atom stereocenters. The van der Waals surface area contributed by atoms with Gasteiger partial charge in [0.05, 0.1) is 27.8 Å². The molecule has 0 spiro atoms. The Kier molecular flexibility index (Phi) is 6.54. The Bertz CT molecular complexity index is 3490. The minimum atomic E-state index is 1.17. The van der Waals surface area contributed by atoms with Crippen LogP contribution in [0.25, 0.3) is 108 Å². The van der Waals surface area contributed by atoms with Crippen molar-refractivity contribution in [2.75, 3.05) is 0 Å². The van der Waals surface area contributed by atoms with E-state index in [-0.39, 0.29) is 0 Å². The van der Waals surface area contributed by atoms with Crippen LogP contribution >= 0.6 is 11.3 Å². The average Bonchev–Trinajstić information content (AvgIpc) is 3.91. The van der Waals surface area contributed by atoms with Gasteiger partial charge in [-0.1, -0.05) is 133 Å². The van der Waals surface area contributed by atoms with E-state index >= 15 is 0 Å². The first kappa shape index (κ1) is 30.5. The first-order chi connectivity index (χ1) is 27.3. The molecule has 12 rings (SSSR count). The van der Waals surface area contributed by atoms with Gasteiger partial charge in [0.25, 0.3) is 0 Å². The molecular formula is C52H32N2S. The normalized spacial score (nSPS) is 12.0. The van der Waals surface area contributed by atoms with Crippen molar-refractivity contribution >= 4 is 85.9 Å². The molecule has 3 heteroatoms. The first-order valence-electron chi connectivity index (χ1n) is 18.8. The lowest BCUT2D eigenvalue weighted by Crippen LogP contribution is -1.96. The standard InChI is InChI=1S/C52H32N2S/c1-2-14-37(15-3-1)53-46-22-9-6-17-40(46)42-27-25-34(31-50(42)53)33-26-28-48-45(30-33)41-18-7-10-23-47(41)54(48)49-32-36(29-35-13-4-5-16-38(35)49)39-20-12-21-44-43-19-8-11-24-51(43)55-52(39)44/h1-32H. The second kappa shape index (κ2) is 11.8. The molecule has 256 valence electrons. The second-order valence-corrected chi connectivity index (χ2v) is 15.6. The fourth-order valence-corrected chi connectivity index (χ4v) is 10.3. The molecule has 12 aromatic rings. The van der Waals surface area contributed by atoms with E-state index in [2.05, 4.69) is 203 Å². The largest absolute Gasteiger partial charge is 0.309 e. The molecule has 0 saturated carbocycles. The molecule has 2 nitrogen and oxygen atoms in total. The van der Waals surface area contributed by atoms with Crippen LogP contribution in [0.15, 0.2) is 194 Å². The molecule has 0 bridgehead atoms. The highest BCUT2D eigenvalue weighted by atomic mass is 32.1. The molecule has 55 heavy (non-hydrogen) atoms. The zero-order valence-electron chi connectivity index (χ0n) is 29.8. The van der Waals surface area contributed by atoms with Gasteiger partial charge in [-0.3, -0.25) is 0 Å². The second-order valence-electron chi connectivity index (χ2n) is 14.5. The zero-order valence-corrected chi connectivity index (χ0v) is 30.6. The summed E-state index contributed by atoms with van der Waals surface area (Å²) in [6.07, 6.45) is 0. The number of hydrogen-bond acceptors (Lipinski definition) is 1. The van der Waals surface area contributed by atoms with Crippen LogP contribution in [0.1, 0.15) is 0 Å². The third-order valence-corrected chi connectivity index (χ3v) is 12.7. The van der Waals surface area contributed by atoms with Crippen LogP contribution in [-0.2, 0) is 0 Å². The molecule has 0 aliphatic rings. The van der Waals surface area contributed by atoms with Crippen molar-refractivity contribution in [1.29, 1.82) is 0 Å². The molecule has 0 fully saturated rings. The lowest BCUT2D eigenvalue weighted by molar-refractivity contribution is 1.18. The van der Waals surface area contributed by atoms with Gasteiger partial charge in [-0.2, -0.15) is 0 Å². The predicted molar refractivity (Wildman–Crippen MR) is 236 cm³/mol. The van der Waals surface area contributed by atoms with Gasteiger partial charge in [0, 0.05) is 52.8 Å². The monoisotopic (exact) mass is 716 g/mol. The Balaban J connectivity index is 1.08. The smallest absolute Gasteiger partial charge is 0.0547 e. The van der Waals surface area contributed by atoms with Gasteiger partial charge in [-0.15, -0.1) is 11.3 Å². The van der Waals surface area contributed by atoms with Gasteiger partial charge in [0.1, 0.15) is 0 Å². The summed E-state index contributed by atoms with van der Waals surface area (Å²) >= 11 is 1.89. The van der Waals surface area contributed by atoms with Crippen molar-refractivity contribution in [3.63, 3.8) is 0 Å². The van der Waals surface area contributed by atoms with Crippen LogP contribution in [-0.4, -0.2) is 9.13 Å². The summed E-state index contributed by atoms with van der Waals surface area (Å²) in [5, 5.41) is 10.1. The number of thiophene rings is 1. The van der Waals surface area contributed by atoms with Gasteiger partial charge >= 0.3 is 0 Å². The summed E-state index contributed by atoms with van der Waals surface area (Å²) < 4.78 is 7.54. The topological polar surface area (TPSA) is 9.86 Å². The van der Waals surface area contributed by atoms with Crippen LogP contribution < -0.4 is 0 Å². The number of hydrogen-bond donors (Lipinski definition) is 0. The van der Waals surface area contributed by atoms with Crippen molar-refractivity contribution < 1.29 is 0 Å². The van der Waals surface area contributed by atoms with E-state index in [0.717, 1.165) is 0 Å². The summed E-state index contributed by atoms with van der Waals surface area (Å²) in [6, 6.07) is 71.5. The summed E-state index contributed by atoms with van der Waals surface area (Å²) in [6.45, 7) is 0. The fourth-order valence-electron chi connectivity index (χ4n) is 9.02. The quantitative estimate of drug-likeness (QED) is 0.172. The van der Waals surface area contributed by atoms with Crippen molar-refractivity contribution in [2.24, 2.45) is 0 Å². The first-order valence-corrected chi connectivity index (χ1v) is 19.7. The molecule has 0 N–H and O–H groups in total. The average molecular weight is 717 g/mol.